The van der Waals surface area contributed by atoms with Crippen LogP contribution < -0.4 is 10.1 Å². The molecule has 0 aliphatic carbocycles. The van der Waals surface area contributed by atoms with E-state index >= 15 is 0 Å². The zero-order chi connectivity index (χ0) is 12.8. The minimum atomic E-state index is -0.778. The monoisotopic (exact) mass is 319 g/mol. The molecule has 3 nitrogen and oxygen atoms in total. The van der Waals surface area contributed by atoms with Crippen LogP contribution in [0.5, 0.6) is 5.75 Å². The van der Waals surface area contributed by atoms with Crippen LogP contribution in [0.3, 0.4) is 0 Å². The van der Waals surface area contributed by atoms with E-state index < -0.39 is 10.8 Å². The van der Waals surface area contributed by atoms with Crippen LogP contribution in [0.4, 0.5) is 0 Å². The Morgan fingerprint density at radius 2 is 2.24 bits per heavy atom. The average molecular weight is 320 g/mol. The van der Waals surface area contributed by atoms with Gasteiger partial charge in [0, 0.05) is 39.9 Å². The minimum absolute atomic E-state index is 0.166. The zero-order valence-electron chi connectivity index (χ0n) is 10.3. The highest BCUT2D eigenvalue weighted by atomic mass is 79.9. The molecular weight excluding hydrogens is 302 g/mol. The highest BCUT2D eigenvalue weighted by Gasteiger charge is 2.06. The molecule has 0 saturated carbocycles. The lowest BCUT2D eigenvalue weighted by molar-refractivity contribution is 0.414. The van der Waals surface area contributed by atoms with Crippen LogP contribution in [0.25, 0.3) is 0 Å². The van der Waals surface area contributed by atoms with Crippen molar-refractivity contribution in [1.82, 2.24) is 5.32 Å². The summed E-state index contributed by atoms with van der Waals surface area (Å²) >= 11 is 3.50. The molecule has 1 aromatic rings. The average Bonchev–Trinajstić information content (AvgIpc) is 2.31. The van der Waals surface area contributed by atoms with Gasteiger partial charge in [0.25, 0.3) is 0 Å². The first-order valence-corrected chi connectivity index (χ1v) is 7.81. The Kier molecular flexibility index (Phi) is 6.16. The Balaban J connectivity index is 2.54. The maximum Gasteiger partial charge on any atom is 0.119 e. The summed E-state index contributed by atoms with van der Waals surface area (Å²) in [5.41, 5.74) is 1.14. The fourth-order valence-corrected chi connectivity index (χ4v) is 2.08. The molecule has 0 heterocycles. The molecule has 5 heteroatoms. The lowest BCUT2D eigenvalue weighted by Gasteiger charge is -2.11. The molecule has 1 N–H and O–H groups in total. The molecule has 0 amide bonds. The van der Waals surface area contributed by atoms with Gasteiger partial charge < -0.3 is 10.1 Å². The third kappa shape index (κ3) is 4.77. The van der Waals surface area contributed by atoms with Gasteiger partial charge in [-0.25, -0.2) is 0 Å². The zero-order valence-corrected chi connectivity index (χ0v) is 12.7. The van der Waals surface area contributed by atoms with Crippen LogP contribution in [-0.4, -0.2) is 29.4 Å². The summed E-state index contributed by atoms with van der Waals surface area (Å²) in [7, 11) is 0.877. The van der Waals surface area contributed by atoms with Crippen molar-refractivity contribution < 1.29 is 8.95 Å². The van der Waals surface area contributed by atoms with E-state index in [1.165, 1.54) is 0 Å². The van der Waals surface area contributed by atoms with E-state index in [2.05, 4.69) is 21.2 Å². The summed E-state index contributed by atoms with van der Waals surface area (Å²) in [6.07, 6.45) is 1.73. The van der Waals surface area contributed by atoms with Gasteiger partial charge in [0.05, 0.1) is 7.11 Å². The largest absolute Gasteiger partial charge is 0.497 e. The second-order valence-corrected chi connectivity index (χ2v) is 6.55. The van der Waals surface area contributed by atoms with Crippen molar-refractivity contribution in [3.8, 4) is 5.75 Å². The highest BCUT2D eigenvalue weighted by molar-refractivity contribution is 9.10. The van der Waals surface area contributed by atoms with Crippen LogP contribution in [0.2, 0.25) is 0 Å². The van der Waals surface area contributed by atoms with Gasteiger partial charge in [0.1, 0.15) is 5.75 Å². The molecular formula is C12H18BrNO2S. The number of hydrogen-bond acceptors (Lipinski definition) is 3. The molecule has 0 saturated heterocycles. The molecule has 0 aliphatic rings. The second-order valence-electron chi connectivity index (χ2n) is 3.90. The maximum absolute atomic E-state index is 11.2. The predicted octanol–water partition coefficient (Wildman–Crippen LogP) is 2.31. The van der Waals surface area contributed by atoms with Crippen molar-refractivity contribution in [2.24, 2.45) is 0 Å². The molecule has 0 radical (unpaired) electrons. The summed E-state index contributed by atoms with van der Waals surface area (Å²) in [5, 5.41) is 3.46. The van der Waals surface area contributed by atoms with Gasteiger partial charge in [-0.3, -0.25) is 4.21 Å². The maximum atomic E-state index is 11.2. The van der Waals surface area contributed by atoms with E-state index in [0.29, 0.717) is 0 Å². The molecule has 17 heavy (non-hydrogen) atoms. The van der Waals surface area contributed by atoms with E-state index in [1.807, 2.05) is 25.1 Å². The lowest BCUT2D eigenvalue weighted by Crippen LogP contribution is -2.27. The Bertz CT molecular complexity index is 398. The number of benzene rings is 1. The third-order valence-corrected chi connectivity index (χ3v) is 4.64. The molecule has 96 valence electrons. The Morgan fingerprint density at radius 1 is 1.53 bits per heavy atom. The summed E-state index contributed by atoms with van der Waals surface area (Å²) in [5.74, 6) is 0.845. The van der Waals surface area contributed by atoms with Gasteiger partial charge in [-0.15, -0.1) is 0 Å². The van der Waals surface area contributed by atoms with Gasteiger partial charge in [-0.1, -0.05) is 15.9 Å². The molecule has 0 aromatic heterocycles. The van der Waals surface area contributed by atoms with Gasteiger partial charge in [0.15, 0.2) is 0 Å². The molecule has 2 atom stereocenters. The third-order valence-electron chi connectivity index (χ3n) is 2.57. The first-order chi connectivity index (χ1) is 8.04. The number of rotatable bonds is 6. The van der Waals surface area contributed by atoms with Gasteiger partial charge in [-0.05, 0) is 30.7 Å². The standard InChI is InChI=1S/C12H18BrNO2S/c1-9(17(3)15)7-14-8-10-6-11(16-2)4-5-12(10)13/h4-6,9,14H,7-8H2,1-3H3. The van der Waals surface area contributed by atoms with Crippen molar-refractivity contribution in [3.05, 3.63) is 28.2 Å². The predicted molar refractivity (Wildman–Crippen MR) is 75.9 cm³/mol. The first kappa shape index (κ1) is 14.7. The molecule has 1 aromatic carbocycles. The highest BCUT2D eigenvalue weighted by Crippen LogP contribution is 2.22. The van der Waals surface area contributed by atoms with Crippen molar-refractivity contribution >= 4 is 26.7 Å². The number of methoxy groups -OCH3 is 1. The van der Waals surface area contributed by atoms with Gasteiger partial charge >= 0.3 is 0 Å². The van der Waals surface area contributed by atoms with E-state index in [4.69, 9.17) is 4.74 Å². The van der Waals surface area contributed by atoms with Gasteiger partial charge in [0.2, 0.25) is 0 Å². The summed E-state index contributed by atoms with van der Waals surface area (Å²) < 4.78 is 17.4. The van der Waals surface area contributed by atoms with Crippen molar-refractivity contribution in [3.63, 3.8) is 0 Å². The molecule has 1 rings (SSSR count). The van der Waals surface area contributed by atoms with Crippen molar-refractivity contribution in [2.45, 2.75) is 18.7 Å². The Morgan fingerprint density at radius 3 is 2.82 bits per heavy atom. The topological polar surface area (TPSA) is 38.3 Å². The normalized spacial score (nSPS) is 14.4. The summed E-state index contributed by atoms with van der Waals surface area (Å²) in [4.78, 5) is 0. The fourth-order valence-electron chi connectivity index (χ4n) is 1.34. The number of ether oxygens (including phenoxy) is 1. The SMILES string of the molecule is COc1ccc(Br)c(CNCC(C)S(C)=O)c1. The Hall–Kier alpha value is -0.390. The molecule has 0 bridgehead atoms. The second kappa shape index (κ2) is 7.13. The quantitative estimate of drug-likeness (QED) is 0.874. The minimum Gasteiger partial charge on any atom is -0.497 e. The molecule has 0 spiro atoms. The lowest BCUT2D eigenvalue weighted by atomic mass is 10.2. The molecule has 0 aliphatic heterocycles. The smallest absolute Gasteiger partial charge is 0.119 e. The van der Waals surface area contributed by atoms with E-state index in [9.17, 15) is 4.21 Å². The van der Waals surface area contributed by atoms with Crippen LogP contribution in [0, 0.1) is 0 Å². The van der Waals surface area contributed by atoms with E-state index in [1.54, 1.807) is 13.4 Å². The molecule has 0 fully saturated rings. The molecule has 2 unspecified atom stereocenters. The summed E-state index contributed by atoms with van der Waals surface area (Å²) in [6, 6.07) is 5.87. The van der Waals surface area contributed by atoms with E-state index in [0.717, 1.165) is 28.9 Å². The number of hydrogen-bond donors (Lipinski definition) is 1. The van der Waals surface area contributed by atoms with Crippen LogP contribution in [0.15, 0.2) is 22.7 Å². The van der Waals surface area contributed by atoms with Crippen LogP contribution in [0.1, 0.15) is 12.5 Å². The Labute approximate surface area is 114 Å². The van der Waals surface area contributed by atoms with Crippen LogP contribution in [-0.2, 0) is 17.3 Å². The first-order valence-electron chi connectivity index (χ1n) is 5.40. The number of halogens is 1. The summed E-state index contributed by atoms with van der Waals surface area (Å²) in [6.45, 7) is 3.45. The van der Waals surface area contributed by atoms with E-state index in [-0.39, 0.29) is 5.25 Å². The number of nitrogens with one attached hydrogen (secondary N) is 1. The van der Waals surface area contributed by atoms with Crippen molar-refractivity contribution in [1.29, 1.82) is 0 Å². The van der Waals surface area contributed by atoms with Crippen LogP contribution >= 0.6 is 15.9 Å². The van der Waals surface area contributed by atoms with Gasteiger partial charge in [-0.2, -0.15) is 0 Å². The van der Waals surface area contributed by atoms with Crippen molar-refractivity contribution in [2.75, 3.05) is 19.9 Å². The fraction of sp³-hybridized carbons (Fsp3) is 0.500.